The van der Waals surface area contributed by atoms with E-state index in [1.54, 1.807) is 6.20 Å². The molecule has 7 nitrogen and oxygen atoms in total. The number of rotatable bonds is 6. The zero-order valence-corrected chi connectivity index (χ0v) is 18.0. The second kappa shape index (κ2) is 8.00. The number of nitrogens with one attached hydrogen (secondary N) is 2. The number of likely N-dealkylation sites (tertiary alicyclic amines) is 1. The van der Waals surface area contributed by atoms with Gasteiger partial charge < -0.3 is 10.3 Å². The number of fused-ring (bicyclic) bond motifs is 1. The van der Waals surface area contributed by atoms with E-state index in [9.17, 15) is 0 Å². The van der Waals surface area contributed by atoms with Crippen molar-refractivity contribution in [2.75, 3.05) is 18.4 Å². The SMILES string of the molecule is C=C(C)c1c[nH]c2ccc(Nc3nccc(-n4cc(CN5CCCC5)c(C)n4)n3)cc12. The van der Waals surface area contributed by atoms with Crippen molar-refractivity contribution in [2.24, 2.45) is 0 Å². The van der Waals surface area contributed by atoms with Crippen LogP contribution >= 0.6 is 0 Å². The van der Waals surface area contributed by atoms with Crippen LogP contribution in [-0.2, 0) is 6.54 Å². The summed E-state index contributed by atoms with van der Waals surface area (Å²) in [6.45, 7) is 11.4. The number of anilines is 2. The monoisotopic (exact) mass is 413 g/mol. The maximum atomic E-state index is 4.69. The molecular weight excluding hydrogens is 386 g/mol. The molecule has 1 aromatic carbocycles. The van der Waals surface area contributed by atoms with E-state index in [0.717, 1.165) is 45.8 Å². The first-order chi connectivity index (χ1) is 15.1. The fourth-order valence-electron chi connectivity index (χ4n) is 4.17. The van der Waals surface area contributed by atoms with Crippen LogP contribution < -0.4 is 5.32 Å². The number of benzene rings is 1. The van der Waals surface area contributed by atoms with E-state index in [-0.39, 0.29) is 0 Å². The van der Waals surface area contributed by atoms with Gasteiger partial charge in [0.25, 0.3) is 0 Å². The molecule has 0 saturated carbocycles. The minimum Gasteiger partial charge on any atom is -0.361 e. The average Bonchev–Trinajstić information content (AvgIpc) is 3.49. The molecule has 7 heteroatoms. The minimum atomic E-state index is 0.540. The molecule has 31 heavy (non-hydrogen) atoms. The highest BCUT2D eigenvalue weighted by atomic mass is 15.3. The Balaban J connectivity index is 1.39. The largest absolute Gasteiger partial charge is 0.361 e. The van der Waals surface area contributed by atoms with Crippen molar-refractivity contribution in [1.82, 2.24) is 29.6 Å². The van der Waals surface area contributed by atoms with Gasteiger partial charge in [0.15, 0.2) is 5.82 Å². The molecule has 1 aliphatic heterocycles. The molecule has 0 aliphatic carbocycles. The van der Waals surface area contributed by atoms with Crippen LogP contribution in [0.15, 0.2) is 49.4 Å². The van der Waals surface area contributed by atoms with Crippen LogP contribution in [-0.4, -0.2) is 42.7 Å². The van der Waals surface area contributed by atoms with Crippen LogP contribution in [0.1, 0.15) is 36.6 Å². The smallest absolute Gasteiger partial charge is 0.229 e. The van der Waals surface area contributed by atoms with Gasteiger partial charge >= 0.3 is 0 Å². The van der Waals surface area contributed by atoms with Crippen molar-refractivity contribution >= 4 is 28.1 Å². The Hall–Kier alpha value is -3.45. The van der Waals surface area contributed by atoms with E-state index in [1.807, 2.05) is 29.9 Å². The fraction of sp³-hybridized carbons (Fsp3) is 0.292. The lowest BCUT2D eigenvalue weighted by Crippen LogP contribution is -2.18. The van der Waals surface area contributed by atoms with Gasteiger partial charge in [0.1, 0.15) is 0 Å². The number of hydrogen-bond donors (Lipinski definition) is 2. The molecule has 1 aliphatic rings. The highest BCUT2D eigenvalue weighted by Gasteiger charge is 2.15. The van der Waals surface area contributed by atoms with Crippen molar-refractivity contribution < 1.29 is 0 Å². The summed E-state index contributed by atoms with van der Waals surface area (Å²) in [4.78, 5) is 14.9. The van der Waals surface area contributed by atoms with Gasteiger partial charge in [-0.15, -0.1) is 0 Å². The molecule has 0 bridgehead atoms. The summed E-state index contributed by atoms with van der Waals surface area (Å²) in [6.07, 6.45) is 8.42. The van der Waals surface area contributed by atoms with E-state index in [2.05, 4.69) is 57.0 Å². The van der Waals surface area contributed by atoms with E-state index >= 15 is 0 Å². The van der Waals surface area contributed by atoms with Gasteiger partial charge in [0.05, 0.1) is 5.69 Å². The molecule has 0 atom stereocenters. The zero-order chi connectivity index (χ0) is 21.4. The minimum absolute atomic E-state index is 0.540. The molecule has 0 radical (unpaired) electrons. The molecule has 5 rings (SSSR count). The summed E-state index contributed by atoms with van der Waals surface area (Å²) >= 11 is 0. The molecular formula is C24H27N7. The van der Waals surface area contributed by atoms with Crippen molar-refractivity contribution in [3.8, 4) is 5.82 Å². The van der Waals surface area contributed by atoms with Crippen LogP contribution in [0.5, 0.6) is 0 Å². The maximum absolute atomic E-state index is 4.69. The summed E-state index contributed by atoms with van der Waals surface area (Å²) in [6, 6.07) is 8.04. The van der Waals surface area contributed by atoms with Gasteiger partial charge in [-0.25, -0.2) is 9.67 Å². The number of hydrogen-bond acceptors (Lipinski definition) is 5. The summed E-state index contributed by atoms with van der Waals surface area (Å²) in [5, 5.41) is 9.15. The van der Waals surface area contributed by atoms with Gasteiger partial charge in [-0.2, -0.15) is 10.1 Å². The van der Waals surface area contributed by atoms with Crippen molar-refractivity contribution in [3.05, 3.63) is 66.3 Å². The molecule has 158 valence electrons. The third kappa shape index (κ3) is 3.96. The van der Waals surface area contributed by atoms with Gasteiger partial charge in [-0.05, 0) is 63.6 Å². The number of aromatic nitrogens is 5. The molecule has 4 heterocycles. The summed E-state index contributed by atoms with van der Waals surface area (Å²) in [5.74, 6) is 1.29. The Morgan fingerprint density at radius 1 is 1.23 bits per heavy atom. The number of allylic oxidation sites excluding steroid dienone is 1. The topological polar surface area (TPSA) is 74.7 Å². The second-order valence-electron chi connectivity index (χ2n) is 8.27. The molecule has 2 N–H and O–H groups in total. The number of aromatic amines is 1. The zero-order valence-electron chi connectivity index (χ0n) is 18.0. The van der Waals surface area contributed by atoms with Gasteiger partial charge in [0, 0.05) is 58.9 Å². The van der Waals surface area contributed by atoms with Crippen LogP contribution in [0.4, 0.5) is 11.6 Å². The number of aryl methyl sites for hydroxylation is 1. The first-order valence-electron chi connectivity index (χ1n) is 10.7. The third-order valence-corrected chi connectivity index (χ3v) is 5.87. The predicted molar refractivity (Wildman–Crippen MR) is 125 cm³/mol. The maximum Gasteiger partial charge on any atom is 0.229 e. The second-order valence-corrected chi connectivity index (χ2v) is 8.27. The Morgan fingerprint density at radius 2 is 2.06 bits per heavy atom. The number of nitrogens with zero attached hydrogens (tertiary/aromatic N) is 5. The van der Waals surface area contributed by atoms with Crippen LogP contribution in [0.25, 0.3) is 22.3 Å². The Labute approximate surface area is 181 Å². The van der Waals surface area contributed by atoms with Gasteiger partial charge in [-0.3, -0.25) is 4.90 Å². The summed E-state index contributed by atoms with van der Waals surface area (Å²) in [5.41, 5.74) is 6.45. The molecule has 4 aromatic rings. The molecule has 0 spiro atoms. The predicted octanol–water partition coefficient (Wildman–Crippen LogP) is 4.82. The molecule has 0 amide bonds. The van der Waals surface area contributed by atoms with Crippen LogP contribution in [0.3, 0.4) is 0 Å². The normalized spacial score (nSPS) is 14.4. The highest BCUT2D eigenvalue weighted by molar-refractivity contribution is 5.94. The van der Waals surface area contributed by atoms with Crippen LogP contribution in [0, 0.1) is 6.92 Å². The molecule has 1 fully saturated rings. The first kappa shape index (κ1) is 19.5. The Bertz CT molecular complexity index is 1240. The van der Waals surface area contributed by atoms with E-state index in [0.29, 0.717) is 5.95 Å². The Morgan fingerprint density at radius 3 is 2.87 bits per heavy atom. The lowest BCUT2D eigenvalue weighted by atomic mass is 10.1. The van der Waals surface area contributed by atoms with E-state index in [4.69, 9.17) is 5.10 Å². The van der Waals surface area contributed by atoms with Crippen LogP contribution in [0.2, 0.25) is 0 Å². The van der Waals surface area contributed by atoms with Gasteiger partial charge in [-0.1, -0.05) is 6.58 Å². The highest BCUT2D eigenvalue weighted by Crippen LogP contribution is 2.27. The van der Waals surface area contributed by atoms with Crippen molar-refractivity contribution in [3.63, 3.8) is 0 Å². The molecule has 1 saturated heterocycles. The summed E-state index contributed by atoms with van der Waals surface area (Å²) in [7, 11) is 0. The third-order valence-electron chi connectivity index (χ3n) is 5.87. The Kier molecular flexibility index (Phi) is 5.03. The number of H-pyrrole nitrogens is 1. The fourth-order valence-corrected chi connectivity index (χ4v) is 4.17. The standard InChI is InChI=1S/C24H27N7/c1-16(2)21-13-26-22-7-6-19(12-20(21)22)27-24-25-9-8-23(28-24)31-15-18(17(3)29-31)14-30-10-4-5-11-30/h6-9,12-13,15,26H,1,4-5,10-11,14H2,2-3H3,(H,25,27,28). The quantitative estimate of drug-likeness (QED) is 0.474. The lowest BCUT2D eigenvalue weighted by Gasteiger charge is -2.13. The van der Waals surface area contributed by atoms with Crippen molar-refractivity contribution in [1.29, 1.82) is 0 Å². The first-order valence-corrected chi connectivity index (χ1v) is 10.7. The summed E-state index contributed by atoms with van der Waals surface area (Å²) < 4.78 is 1.85. The molecule has 3 aromatic heterocycles. The van der Waals surface area contributed by atoms with Gasteiger partial charge in [0.2, 0.25) is 5.95 Å². The van der Waals surface area contributed by atoms with Crippen molar-refractivity contribution in [2.45, 2.75) is 33.2 Å². The average molecular weight is 414 g/mol. The van der Waals surface area contributed by atoms with E-state index < -0.39 is 0 Å². The molecule has 0 unspecified atom stereocenters. The lowest BCUT2D eigenvalue weighted by molar-refractivity contribution is 0.330. The van der Waals surface area contributed by atoms with E-state index in [1.165, 1.54) is 31.5 Å².